The Morgan fingerprint density at radius 3 is 1.15 bits per heavy atom. The Bertz CT molecular complexity index is 1450. The number of aryl methyl sites for hydroxylation is 2. The first-order valence-electron chi connectivity index (χ1n) is 14.5. The molecule has 0 saturated heterocycles. The molecule has 4 rings (SSSR count). The van der Waals surface area contributed by atoms with Gasteiger partial charge in [-0.05, 0) is 82.3 Å². The molecule has 0 aromatic heterocycles. The topological polar surface area (TPSA) is 51.2 Å². The number of rotatable bonds is 8. The van der Waals surface area contributed by atoms with Crippen molar-refractivity contribution in [3.63, 3.8) is 0 Å². The average molecular weight is 535 g/mol. The summed E-state index contributed by atoms with van der Waals surface area (Å²) in [4.78, 5) is 41.5. The summed E-state index contributed by atoms with van der Waals surface area (Å²) >= 11 is 0. The van der Waals surface area contributed by atoms with E-state index in [2.05, 4.69) is 64.1 Å². The molecule has 0 spiro atoms. The van der Waals surface area contributed by atoms with Crippen molar-refractivity contribution in [2.75, 3.05) is 0 Å². The van der Waals surface area contributed by atoms with Crippen LogP contribution >= 0.6 is 0 Å². The summed E-state index contributed by atoms with van der Waals surface area (Å²) in [7, 11) is 0. The molecule has 0 N–H and O–H groups in total. The number of carbonyl (C=O) groups is 3. The number of carbonyl (C=O) groups excluding carboxylic acids is 3. The molecule has 3 nitrogen and oxygen atoms in total. The zero-order valence-electron chi connectivity index (χ0n) is 25.7. The van der Waals surface area contributed by atoms with Crippen LogP contribution in [-0.4, -0.2) is 17.3 Å². The first kappa shape index (κ1) is 29.4. The number of ketones is 3. The first-order valence-corrected chi connectivity index (χ1v) is 14.5. The van der Waals surface area contributed by atoms with Crippen LogP contribution in [0, 0.1) is 25.7 Å². The predicted octanol–water partition coefficient (Wildman–Crippen LogP) is 9.67. The van der Waals surface area contributed by atoms with Crippen molar-refractivity contribution in [1.29, 1.82) is 0 Å². The highest BCUT2D eigenvalue weighted by atomic mass is 16.1. The highest BCUT2D eigenvalue weighted by Crippen LogP contribution is 2.43. The lowest BCUT2D eigenvalue weighted by molar-refractivity contribution is 0.0933. The number of hydrogen-bond donors (Lipinski definition) is 0. The number of Topliss-reactive ketones (excluding diaryl/α,β-unsaturated/α-hetero) is 2. The molecule has 0 aliphatic heterocycles. The molecule has 0 unspecified atom stereocenters. The van der Waals surface area contributed by atoms with Gasteiger partial charge in [-0.25, -0.2) is 0 Å². The van der Waals surface area contributed by atoms with Crippen molar-refractivity contribution in [1.82, 2.24) is 0 Å². The van der Waals surface area contributed by atoms with Gasteiger partial charge >= 0.3 is 0 Å². The molecule has 3 heteroatoms. The van der Waals surface area contributed by atoms with Gasteiger partial charge in [0.15, 0.2) is 17.3 Å². The molecule has 0 radical (unpaired) electrons. The van der Waals surface area contributed by atoms with Gasteiger partial charge in [-0.15, -0.1) is 0 Å². The summed E-state index contributed by atoms with van der Waals surface area (Å²) in [5.41, 5.74) is 9.65. The fourth-order valence-corrected chi connectivity index (χ4v) is 5.59. The average Bonchev–Trinajstić information content (AvgIpc) is 3.33. The minimum absolute atomic E-state index is 0.0248. The van der Waals surface area contributed by atoms with Gasteiger partial charge in [0.05, 0.1) is 0 Å². The van der Waals surface area contributed by atoms with E-state index in [-0.39, 0.29) is 41.0 Å². The van der Waals surface area contributed by atoms with Crippen LogP contribution in [0.1, 0.15) is 126 Å². The summed E-state index contributed by atoms with van der Waals surface area (Å²) in [5.74, 6) is 0.00132. The van der Waals surface area contributed by atoms with Crippen molar-refractivity contribution >= 4 is 17.3 Å². The Morgan fingerprint density at radius 1 is 0.500 bits per heavy atom. The van der Waals surface area contributed by atoms with E-state index < -0.39 is 0 Å². The Morgan fingerprint density at radius 2 is 0.850 bits per heavy atom. The van der Waals surface area contributed by atoms with Crippen LogP contribution in [0.5, 0.6) is 0 Å². The van der Waals surface area contributed by atoms with Gasteiger partial charge in [0, 0.05) is 34.1 Å². The Hall–Kier alpha value is -3.59. The highest BCUT2D eigenvalue weighted by molar-refractivity contribution is 6.23. The summed E-state index contributed by atoms with van der Waals surface area (Å²) in [6, 6.07) is 16.0. The lowest BCUT2D eigenvalue weighted by atomic mass is 9.93. The predicted molar refractivity (Wildman–Crippen MR) is 166 cm³/mol. The summed E-state index contributed by atoms with van der Waals surface area (Å²) < 4.78 is 0. The van der Waals surface area contributed by atoms with Gasteiger partial charge in [0.25, 0.3) is 0 Å². The molecule has 0 heterocycles. The lowest BCUT2D eigenvalue weighted by Gasteiger charge is -2.09. The van der Waals surface area contributed by atoms with Crippen molar-refractivity contribution in [3.05, 3.63) is 93.0 Å². The molecular formula is C37H42O3. The van der Waals surface area contributed by atoms with Crippen molar-refractivity contribution in [2.24, 2.45) is 11.8 Å². The second kappa shape index (κ2) is 11.1. The van der Waals surface area contributed by atoms with Crippen LogP contribution in [0.2, 0.25) is 0 Å². The molecule has 0 aromatic rings. The minimum Gasteiger partial charge on any atom is -0.294 e. The maximum atomic E-state index is 14.7. The third-order valence-corrected chi connectivity index (χ3v) is 8.10. The summed E-state index contributed by atoms with van der Waals surface area (Å²) in [6.07, 6.45) is 0. The maximum absolute atomic E-state index is 14.7. The van der Waals surface area contributed by atoms with Gasteiger partial charge in [-0.1, -0.05) is 91.8 Å². The van der Waals surface area contributed by atoms with Crippen LogP contribution in [0.3, 0.4) is 0 Å². The van der Waals surface area contributed by atoms with E-state index >= 15 is 0 Å². The molecule has 208 valence electrons. The quantitative estimate of drug-likeness (QED) is 0.211. The fraction of sp³-hybridized carbons (Fsp3) is 0.378. The molecular weight excluding hydrogens is 492 g/mol. The normalized spacial score (nSPS) is 11.9. The van der Waals surface area contributed by atoms with E-state index in [0.717, 1.165) is 44.5 Å². The van der Waals surface area contributed by atoms with E-state index in [1.54, 1.807) is 12.1 Å². The maximum Gasteiger partial charge on any atom is 0.194 e. The highest BCUT2D eigenvalue weighted by Gasteiger charge is 2.32. The van der Waals surface area contributed by atoms with Gasteiger partial charge in [-0.2, -0.15) is 0 Å². The standard InChI is InChI=1S/C37H42O3/c1-19(2)25-13-11-23(9)33-27(15-25)29(17-31(33)35(38)21(5)6)37(40)30-18-32(36(39)22(7)8)34-24(10)12-14-26(20(3)4)16-28(30)34/h11-22H,1-10H3. The third-order valence-electron chi connectivity index (χ3n) is 8.10. The molecule has 0 fully saturated rings. The SMILES string of the molecule is Cc1ccc(C(C)C)cc2c(C(=O)c3cc(C(=O)C(C)C)c4c(C)ccc(C(C)C)cc3-4)cc(C(=O)C(C)C)c1-2. The smallest absolute Gasteiger partial charge is 0.194 e. The van der Waals surface area contributed by atoms with Gasteiger partial charge in [0.2, 0.25) is 0 Å². The monoisotopic (exact) mass is 534 g/mol. The zero-order chi connectivity index (χ0) is 29.6. The third kappa shape index (κ3) is 5.14. The second-order valence-electron chi connectivity index (χ2n) is 12.5. The van der Waals surface area contributed by atoms with Crippen molar-refractivity contribution < 1.29 is 14.4 Å². The minimum atomic E-state index is -0.201. The lowest BCUT2D eigenvalue weighted by Crippen LogP contribution is -2.07. The van der Waals surface area contributed by atoms with Crippen molar-refractivity contribution in [3.8, 4) is 22.3 Å². The number of fused-ring (bicyclic) bond motifs is 2. The molecule has 0 bridgehead atoms. The van der Waals surface area contributed by atoms with Crippen LogP contribution in [0.4, 0.5) is 0 Å². The molecule has 40 heavy (non-hydrogen) atoms. The molecule has 0 atom stereocenters. The van der Waals surface area contributed by atoms with Gasteiger partial charge < -0.3 is 0 Å². The van der Waals surface area contributed by atoms with E-state index in [1.165, 1.54) is 0 Å². The van der Waals surface area contributed by atoms with Gasteiger partial charge in [0.1, 0.15) is 0 Å². The van der Waals surface area contributed by atoms with Crippen molar-refractivity contribution in [2.45, 2.75) is 81.1 Å². The van der Waals surface area contributed by atoms with Crippen LogP contribution < -0.4 is 0 Å². The largest absolute Gasteiger partial charge is 0.294 e. The van der Waals surface area contributed by atoms with E-state index in [0.29, 0.717) is 22.3 Å². The van der Waals surface area contributed by atoms with E-state index in [1.807, 2.05) is 41.5 Å². The Kier molecular flexibility index (Phi) is 8.17. The molecule has 4 aliphatic rings. The fourth-order valence-electron chi connectivity index (χ4n) is 5.59. The van der Waals surface area contributed by atoms with Crippen LogP contribution in [0.25, 0.3) is 22.3 Å². The van der Waals surface area contributed by atoms with Crippen LogP contribution in [0.15, 0.2) is 48.5 Å². The van der Waals surface area contributed by atoms with Gasteiger partial charge in [-0.3, -0.25) is 14.4 Å². The second-order valence-corrected chi connectivity index (χ2v) is 12.5. The summed E-state index contributed by atoms with van der Waals surface area (Å²) in [5, 5.41) is 0. The number of hydrogen-bond acceptors (Lipinski definition) is 3. The molecule has 4 aliphatic carbocycles. The summed E-state index contributed by atoms with van der Waals surface area (Å²) in [6.45, 7) is 20.1. The zero-order valence-corrected chi connectivity index (χ0v) is 25.7. The van der Waals surface area contributed by atoms with E-state index in [4.69, 9.17) is 0 Å². The molecule has 0 aromatic carbocycles. The first-order chi connectivity index (χ1) is 18.7. The van der Waals surface area contributed by atoms with Crippen LogP contribution in [-0.2, 0) is 0 Å². The van der Waals surface area contributed by atoms with E-state index in [9.17, 15) is 14.4 Å². The Labute approximate surface area is 239 Å². The Balaban J connectivity index is 2.09. The molecule has 0 saturated carbocycles. The molecule has 0 amide bonds.